The van der Waals surface area contributed by atoms with E-state index < -0.39 is 0 Å². The zero-order chi connectivity index (χ0) is 13.1. The van der Waals surface area contributed by atoms with Crippen LogP contribution >= 0.6 is 28.1 Å². The highest BCUT2D eigenvalue weighted by molar-refractivity contribution is 9.10. The smallest absolute Gasteiger partial charge is 0.227 e. The molecule has 1 aromatic rings. The molecule has 1 fully saturated rings. The maximum atomic E-state index is 12.0. The molecular formula is C13H15BrN2OS. The third-order valence-corrected chi connectivity index (χ3v) is 4.13. The Hall–Kier alpha value is -0.940. The molecule has 0 unspecified atom stereocenters. The predicted octanol–water partition coefficient (Wildman–Crippen LogP) is 3.21. The summed E-state index contributed by atoms with van der Waals surface area (Å²) in [5.74, 6) is 0.267. The minimum Gasteiger partial charge on any atom is -0.389 e. The molecule has 3 nitrogen and oxygen atoms in total. The van der Waals surface area contributed by atoms with E-state index >= 15 is 0 Å². The lowest BCUT2D eigenvalue weighted by atomic mass is 10.1. The summed E-state index contributed by atoms with van der Waals surface area (Å²) in [7, 11) is 0. The normalized spacial score (nSPS) is 15.6. The fraction of sp³-hybridized carbons (Fsp3) is 0.385. The van der Waals surface area contributed by atoms with E-state index in [2.05, 4.69) is 21.2 Å². The standard InChI is InChI=1S/C13H15BrN2OS/c14-10-7-9(12(15)18)5-6-11(10)16-13(17)8-3-1-2-4-8/h5-8H,1-4H2,(H2,15,18)(H,16,17). The monoisotopic (exact) mass is 326 g/mol. The van der Waals surface area contributed by atoms with Gasteiger partial charge in [-0.1, -0.05) is 25.1 Å². The number of anilines is 1. The van der Waals surface area contributed by atoms with Gasteiger partial charge in [-0.25, -0.2) is 0 Å². The fourth-order valence-corrected chi connectivity index (χ4v) is 2.80. The maximum absolute atomic E-state index is 12.0. The lowest BCUT2D eigenvalue weighted by Gasteiger charge is -2.12. The molecule has 0 spiro atoms. The Bertz CT molecular complexity index is 484. The second-order valence-electron chi connectivity index (χ2n) is 4.53. The van der Waals surface area contributed by atoms with Gasteiger partial charge in [0.25, 0.3) is 0 Å². The Labute approximate surface area is 120 Å². The molecule has 0 atom stereocenters. The summed E-state index contributed by atoms with van der Waals surface area (Å²) < 4.78 is 0.805. The van der Waals surface area contributed by atoms with E-state index in [1.807, 2.05) is 18.2 Å². The average molecular weight is 327 g/mol. The van der Waals surface area contributed by atoms with Crippen LogP contribution in [0.4, 0.5) is 5.69 Å². The van der Waals surface area contributed by atoms with Gasteiger partial charge in [-0.3, -0.25) is 4.79 Å². The highest BCUT2D eigenvalue weighted by Gasteiger charge is 2.23. The second kappa shape index (κ2) is 5.80. The van der Waals surface area contributed by atoms with Crippen LogP contribution in [0.2, 0.25) is 0 Å². The third-order valence-electron chi connectivity index (χ3n) is 3.24. The zero-order valence-corrected chi connectivity index (χ0v) is 12.3. The summed E-state index contributed by atoms with van der Waals surface area (Å²) in [4.78, 5) is 12.4. The van der Waals surface area contributed by atoms with Crippen molar-refractivity contribution in [1.29, 1.82) is 0 Å². The van der Waals surface area contributed by atoms with Gasteiger partial charge in [-0.15, -0.1) is 0 Å². The molecule has 1 saturated carbocycles. The van der Waals surface area contributed by atoms with Gasteiger partial charge in [0.15, 0.2) is 0 Å². The van der Waals surface area contributed by atoms with Crippen LogP contribution in [-0.4, -0.2) is 10.9 Å². The number of hydrogen-bond donors (Lipinski definition) is 2. The minimum atomic E-state index is 0.108. The largest absolute Gasteiger partial charge is 0.389 e. The van der Waals surface area contributed by atoms with Crippen LogP contribution in [0.15, 0.2) is 22.7 Å². The lowest BCUT2D eigenvalue weighted by Crippen LogP contribution is -2.20. The molecule has 0 aliphatic heterocycles. The highest BCUT2D eigenvalue weighted by Crippen LogP contribution is 2.28. The van der Waals surface area contributed by atoms with Gasteiger partial charge in [0.05, 0.1) is 5.69 Å². The summed E-state index contributed by atoms with van der Waals surface area (Å²) in [5, 5.41) is 2.95. The van der Waals surface area contributed by atoms with Crippen LogP contribution in [0.1, 0.15) is 31.2 Å². The molecule has 0 aromatic heterocycles. The molecule has 0 saturated heterocycles. The summed E-state index contributed by atoms with van der Waals surface area (Å²) >= 11 is 8.33. The Morgan fingerprint density at radius 3 is 2.61 bits per heavy atom. The van der Waals surface area contributed by atoms with Crippen LogP contribution in [-0.2, 0) is 4.79 Å². The van der Waals surface area contributed by atoms with Gasteiger partial charge in [-0.05, 0) is 47.0 Å². The van der Waals surface area contributed by atoms with Gasteiger partial charge in [0, 0.05) is 16.0 Å². The van der Waals surface area contributed by atoms with Crippen LogP contribution in [0.3, 0.4) is 0 Å². The molecule has 1 aliphatic rings. The Kier molecular flexibility index (Phi) is 4.35. The number of halogens is 1. The van der Waals surface area contributed by atoms with Crippen molar-refractivity contribution in [3.8, 4) is 0 Å². The topological polar surface area (TPSA) is 55.1 Å². The second-order valence-corrected chi connectivity index (χ2v) is 5.82. The van der Waals surface area contributed by atoms with E-state index in [1.54, 1.807) is 0 Å². The van der Waals surface area contributed by atoms with Crippen molar-refractivity contribution in [2.45, 2.75) is 25.7 Å². The van der Waals surface area contributed by atoms with Crippen molar-refractivity contribution in [2.75, 3.05) is 5.32 Å². The van der Waals surface area contributed by atoms with E-state index in [1.165, 1.54) is 0 Å². The first kappa shape index (κ1) is 13.5. The van der Waals surface area contributed by atoms with Crippen LogP contribution in [0, 0.1) is 5.92 Å². The lowest BCUT2D eigenvalue weighted by molar-refractivity contribution is -0.119. The van der Waals surface area contributed by atoms with E-state index in [-0.39, 0.29) is 11.8 Å². The van der Waals surface area contributed by atoms with Crippen molar-refractivity contribution in [1.82, 2.24) is 0 Å². The number of hydrogen-bond acceptors (Lipinski definition) is 2. The minimum absolute atomic E-state index is 0.108. The van der Waals surface area contributed by atoms with Gasteiger partial charge in [-0.2, -0.15) is 0 Å². The highest BCUT2D eigenvalue weighted by atomic mass is 79.9. The Balaban J connectivity index is 2.09. The first-order valence-electron chi connectivity index (χ1n) is 5.98. The summed E-state index contributed by atoms with van der Waals surface area (Å²) in [5.41, 5.74) is 7.11. The van der Waals surface area contributed by atoms with Gasteiger partial charge >= 0.3 is 0 Å². The number of rotatable bonds is 3. The van der Waals surface area contributed by atoms with E-state index in [9.17, 15) is 4.79 Å². The first-order chi connectivity index (χ1) is 8.58. The summed E-state index contributed by atoms with van der Waals surface area (Å²) in [6, 6.07) is 5.47. The molecule has 96 valence electrons. The fourth-order valence-electron chi connectivity index (χ4n) is 2.19. The van der Waals surface area contributed by atoms with Crippen molar-refractivity contribution < 1.29 is 4.79 Å². The van der Waals surface area contributed by atoms with Crippen LogP contribution in [0.25, 0.3) is 0 Å². The van der Waals surface area contributed by atoms with Crippen LogP contribution < -0.4 is 11.1 Å². The van der Waals surface area contributed by atoms with E-state index in [0.29, 0.717) is 4.99 Å². The van der Waals surface area contributed by atoms with Crippen molar-refractivity contribution in [3.63, 3.8) is 0 Å². The van der Waals surface area contributed by atoms with Crippen molar-refractivity contribution >= 4 is 44.7 Å². The number of benzene rings is 1. The molecule has 1 aromatic carbocycles. The zero-order valence-electron chi connectivity index (χ0n) is 9.91. The molecular weight excluding hydrogens is 312 g/mol. The maximum Gasteiger partial charge on any atom is 0.227 e. The number of carbonyl (C=O) groups is 1. The predicted molar refractivity (Wildman–Crippen MR) is 80.6 cm³/mol. The van der Waals surface area contributed by atoms with Gasteiger partial charge in [0.1, 0.15) is 4.99 Å². The summed E-state index contributed by atoms with van der Waals surface area (Å²) in [6.07, 6.45) is 4.29. The van der Waals surface area contributed by atoms with E-state index in [4.69, 9.17) is 18.0 Å². The summed E-state index contributed by atoms with van der Waals surface area (Å²) in [6.45, 7) is 0. The molecule has 2 rings (SSSR count). The molecule has 3 N–H and O–H groups in total. The molecule has 18 heavy (non-hydrogen) atoms. The molecule has 1 aliphatic carbocycles. The molecule has 1 amide bonds. The van der Waals surface area contributed by atoms with E-state index in [0.717, 1.165) is 41.4 Å². The number of thiocarbonyl (C=S) groups is 1. The number of carbonyl (C=O) groups excluding carboxylic acids is 1. The number of amides is 1. The Morgan fingerprint density at radius 2 is 2.06 bits per heavy atom. The van der Waals surface area contributed by atoms with Gasteiger partial charge in [0.2, 0.25) is 5.91 Å². The first-order valence-corrected chi connectivity index (χ1v) is 7.18. The van der Waals surface area contributed by atoms with Gasteiger partial charge < -0.3 is 11.1 Å². The van der Waals surface area contributed by atoms with Crippen molar-refractivity contribution in [2.24, 2.45) is 11.7 Å². The Morgan fingerprint density at radius 1 is 1.39 bits per heavy atom. The molecule has 0 bridgehead atoms. The molecule has 0 heterocycles. The number of nitrogens with two attached hydrogens (primary N) is 1. The molecule has 5 heteroatoms. The third kappa shape index (κ3) is 3.09. The molecule has 0 radical (unpaired) electrons. The quantitative estimate of drug-likeness (QED) is 0.838. The van der Waals surface area contributed by atoms with Crippen molar-refractivity contribution in [3.05, 3.63) is 28.2 Å². The average Bonchev–Trinajstić information content (AvgIpc) is 2.85. The van der Waals surface area contributed by atoms with Crippen LogP contribution in [0.5, 0.6) is 0 Å². The SMILES string of the molecule is NC(=S)c1ccc(NC(=O)C2CCCC2)c(Br)c1. The number of nitrogens with one attached hydrogen (secondary N) is 1.